The van der Waals surface area contributed by atoms with E-state index >= 15 is 0 Å². The Balaban J connectivity index is 1.42. The van der Waals surface area contributed by atoms with E-state index in [9.17, 15) is 4.79 Å². The summed E-state index contributed by atoms with van der Waals surface area (Å²) in [6.07, 6.45) is 0.974. The van der Waals surface area contributed by atoms with Crippen molar-refractivity contribution in [2.45, 2.75) is 13.3 Å². The van der Waals surface area contributed by atoms with Gasteiger partial charge in [-0.25, -0.2) is 9.78 Å². The number of anilines is 2. The van der Waals surface area contributed by atoms with Gasteiger partial charge in [-0.1, -0.05) is 36.5 Å². The number of aryl methyl sites for hydroxylation is 1. The SMILES string of the molecule is CCc1cccc2sc(N3CCN(C(=O)Nc4cccc(OC)c4OC)CC3)nc12. The fraction of sp³-hybridized carbons (Fsp3) is 0.364. The molecule has 1 aromatic heterocycles. The van der Waals surface area contributed by atoms with Gasteiger partial charge in [0.2, 0.25) is 0 Å². The Morgan fingerprint density at radius 1 is 1.10 bits per heavy atom. The first-order valence-corrected chi connectivity index (χ1v) is 10.9. The lowest BCUT2D eigenvalue weighted by molar-refractivity contribution is 0.208. The topological polar surface area (TPSA) is 66.9 Å². The highest BCUT2D eigenvalue weighted by molar-refractivity contribution is 7.22. The number of nitrogens with zero attached hydrogens (tertiary/aromatic N) is 3. The van der Waals surface area contributed by atoms with Crippen molar-refractivity contribution in [1.82, 2.24) is 9.88 Å². The van der Waals surface area contributed by atoms with Gasteiger partial charge < -0.3 is 24.6 Å². The first-order valence-electron chi connectivity index (χ1n) is 10.0. The lowest BCUT2D eigenvalue weighted by Crippen LogP contribution is -2.50. The van der Waals surface area contributed by atoms with Crippen LogP contribution in [0.3, 0.4) is 0 Å². The third kappa shape index (κ3) is 3.87. The molecule has 7 nitrogen and oxygen atoms in total. The molecule has 1 N–H and O–H groups in total. The molecule has 1 fully saturated rings. The number of benzene rings is 2. The molecule has 2 aromatic carbocycles. The summed E-state index contributed by atoms with van der Waals surface area (Å²) in [5.74, 6) is 1.11. The number of carbonyl (C=O) groups is 1. The maximum absolute atomic E-state index is 12.8. The Bertz CT molecular complexity index is 1040. The molecule has 0 saturated carbocycles. The summed E-state index contributed by atoms with van der Waals surface area (Å²) in [7, 11) is 3.14. The minimum atomic E-state index is -0.140. The fourth-order valence-corrected chi connectivity index (χ4v) is 4.76. The number of hydrogen-bond donors (Lipinski definition) is 1. The summed E-state index contributed by atoms with van der Waals surface area (Å²) in [4.78, 5) is 21.8. The largest absolute Gasteiger partial charge is 0.493 e. The molecular weight excluding hydrogens is 400 g/mol. The molecule has 158 valence electrons. The smallest absolute Gasteiger partial charge is 0.322 e. The van der Waals surface area contributed by atoms with Crippen LogP contribution in [-0.4, -0.2) is 56.3 Å². The molecule has 2 heterocycles. The number of aromatic nitrogens is 1. The molecule has 0 spiro atoms. The monoisotopic (exact) mass is 426 g/mol. The first kappa shape index (κ1) is 20.3. The van der Waals surface area contributed by atoms with Crippen molar-refractivity contribution in [3.8, 4) is 11.5 Å². The number of hydrogen-bond acceptors (Lipinski definition) is 6. The van der Waals surface area contributed by atoms with Gasteiger partial charge in [0.15, 0.2) is 16.6 Å². The van der Waals surface area contributed by atoms with Gasteiger partial charge >= 0.3 is 6.03 Å². The van der Waals surface area contributed by atoms with Gasteiger partial charge in [-0.15, -0.1) is 0 Å². The summed E-state index contributed by atoms with van der Waals surface area (Å²) in [6.45, 7) is 4.93. The second kappa shape index (κ2) is 8.79. The van der Waals surface area contributed by atoms with E-state index in [4.69, 9.17) is 14.5 Å². The number of carbonyl (C=O) groups excluding carboxylic acids is 1. The Kier molecular flexibility index (Phi) is 5.94. The van der Waals surface area contributed by atoms with Gasteiger partial charge in [0.05, 0.1) is 30.1 Å². The van der Waals surface area contributed by atoms with Gasteiger partial charge in [0.1, 0.15) is 0 Å². The number of methoxy groups -OCH3 is 2. The van der Waals surface area contributed by atoms with E-state index in [1.54, 1.807) is 31.6 Å². The van der Waals surface area contributed by atoms with Crippen molar-refractivity contribution < 1.29 is 14.3 Å². The predicted octanol–water partition coefficient (Wildman–Crippen LogP) is 4.23. The highest BCUT2D eigenvalue weighted by atomic mass is 32.1. The molecule has 30 heavy (non-hydrogen) atoms. The van der Waals surface area contributed by atoms with Crippen LogP contribution in [0.15, 0.2) is 36.4 Å². The summed E-state index contributed by atoms with van der Waals surface area (Å²) in [5, 5.41) is 3.98. The minimum absolute atomic E-state index is 0.140. The number of rotatable bonds is 5. The number of fused-ring (bicyclic) bond motifs is 1. The Morgan fingerprint density at radius 3 is 2.57 bits per heavy atom. The van der Waals surface area contributed by atoms with Crippen molar-refractivity contribution in [1.29, 1.82) is 0 Å². The fourth-order valence-electron chi connectivity index (χ4n) is 3.70. The quantitative estimate of drug-likeness (QED) is 0.661. The van der Waals surface area contributed by atoms with Gasteiger partial charge in [0, 0.05) is 26.2 Å². The molecule has 4 rings (SSSR count). The van der Waals surface area contributed by atoms with Crippen LogP contribution in [0, 0.1) is 0 Å². The summed E-state index contributed by atoms with van der Waals surface area (Å²) in [6, 6.07) is 11.7. The standard InChI is InChI=1S/C22H26N4O3S/c1-4-15-7-5-10-18-19(15)24-22(30-18)26-13-11-25(12-14-26)21(27)23-16-8-6-9-17(28-2)20(16)29-3/h5-10H,4,11-14H2,1-3H3,(H,23,27). The minimum Gasteiger partial charge on any atom is -0.493 e. The zero-order valence-corrected chi connectivity index (χ0v) is 18.3. The van der Waals surface area contributed by atoms with Gasteiger partial charge in [0.25, 0.3) is 0 Å². The van der Waals surface area contributed by atoms with Crippen molar-refractivity contribution in [2.75, 3.05) is 50.6 Å². The average molecular weight is 427 g/mol. The van der Waals surface area contributed by atoms with Crippen molar-refractivity contribution in [3.05, 3.63) is 42.0 Å². The van der Waals surface area contributed by atoms with E-state index < -0.39 is 0 Å². The maximum atomic E-state index is 12.8. The van der Waals surface area contributed by atoms with Gasteiger partial charge in [-0.05, 0) is 30.2 Å². The molecule has 0 radical (unpaired) electrons. The highest BCUT2D eigenvalue weighted by Gasteiger charge is 2.24. The number of amides is 2. The Morgan fingerprint density at radius 2 is 1.87 bits per heavy atom. The molecule has 1 aliphatic heterocycles. The third-order valence-electron chi connectivity index (χ3n) is 5.35. The number of thiazole rings is 1. The molecule has 3 aromatic rings. The van der Waals surface area contributed by atoms with E-state index in [0.29, 0.717) is 30.3 Å². The zero-order valence-electron chi connectivity index (χ0n) is 17.5. The number of para-hydroxylation sites is 2. The summed E-state index contributed by atoms with van der Waals surface area (Å²) >= 11 is 1.72. The van der Waals surface area contributed by atoms with E-state index in [0.717, 1.165) is 30.2 Å². The van der Waals surface area contributed by atoms with E-state index in [1.165, 1.54) is 10.3 Å². The third-order valence-corrected chi connectivity index (χ3v) is 6.44. The van der Waals surface area contributed by atoms with Crippen molar-refractivity contribution >= 4 is 38.4 Å². The molecule has 1 aliphatic rings. The lowest BCUT2D eigenvalue weighted by Gasteiger charge is -2.34. The lowest BCUT2D eigenvalue weighted by atomic mass is 10.1. The molecular formula is C22H26N4O3S. The normalized spacial score (nSPS) is 14.1. The van der Waals surface area contributed by atoms with Crippen molar-refractivity contribution in [2.24, 2.45) is 0 Å². The highest BCUT2D eigenvalue weighted by Crippen LogP contribution is 2.35. The molecule has 2 amide bonds. The molecule has 8 heteroatoms. The van der Waals surface area contributed by atoms with Crippen molar-refractivity contribution in [3.63, 3.8) is 0 Å². The van der Waals surface area contributed by atoms with Crippen LogP contribution < -0.4 is 19.7 Å². The van der Waals surface area contributed by atoms with Crippen LogP contribution in [-0.2, 0) is 6.42 Å². The number of nitrogens with one attached hydrogen (secondary N) is 1. The Hall–Kier alpha value is -3.00. The number of urea groups is 1. The molecule has 0 unspecified atom stereocenters. The zero-order chi connectivity index (χ0) is 21.1. The van der Waals surface area contributed by atoms with Crippen LogP contribution in [0.1, 0.15) is 12.5 Å². The van der Waals surface area contributed by atoms with Crippen LogP contribution in [0.25, 0.3) is 10.2 Å². The number of piperazine rings is 1. The van der Waals surface area contributed by atoms with E-state index in [2.05, 4.69) is 35.3 Å². The van der Waals surface area contributed by atoms with Crippen LogP contribution in [0.5, 0.6) is 11.5 Å². The second-order valence-electron chi connectivity index (χ2n) is 7.06. The Labute approximate surface area is 180 Å². The van der Waals surface area contributed by atoms with E-state index in [1.807, 2.05) is 17.0 Å². The molecule has 0 bridgehead atoms. The average Bonchev–Trinajstić information content (AvgIpc) is 3.23. The van der Waals surface area contributed by atoms with Crippen LogP contribution >= 0.6 is 11.3 Å². The molecule has 0 atom stereocenters. The molecule has 1 saturated heterocycles. The van der Waals surface area contributed by atoms with Crippen LogP contribution in [0.4, 0.5) is 15.6 Å². The summed E-state index contributed by atoms with van der Waals surface area (Å²) in [5.41, 5.74) is 2.98. The first-order chi connectivity index (χ1) is 14.6. The second-order valence-corrected chi connectivity index (χ2v) is 8.07. The van der Waals surface area contributed by atoms with Crippen LogP contribution in [0.2, 0.25) is 0 Å². The number of ether oxygens (including phenoxy) is 2. The molecule has 0 aliphatic carbocycles. The van der Waals surface area contributed by atoms with Gasteiger partial charge in [-0.3, -0.25) is 0 Å². The van der Waals surface area contributed by atoms with Gasteiger partial charge in [-0.2, -0.15) is 0 Å². The maximum Gasteiger partial charge on any atom is 0.322 e. The predicted molar refractivity (Wildman–Crippen MR) is 121 cm³/mol. The van der Waals surface area contributed by atoms with E-state index in [-0.39, 0.29) is 6.03 Å². The summed E-state index contributed by atoms with van der Waals surface area (Å²) < 4.78 is 11.9.